The summed E-state index contributed by atoms with van der Waals surface area (Å²) < 4.78 is 11.0. The molecule has 0 aliphatic carbocycles. The van der Waals surface area contributed by atoms with Crippen LogP contribution in [0.3, 0.4) is 0 Å². The maximum Gasteiger partial charge on any atom is 0.275 e. The highest BCUT2D eigenvalue weighted by Crippen LogP contribution is 2.33. The predicted molar refractivity (Wildman–Crippen MR) is 133 cm³/mol. The molecule has 1 aromatic heterocycles. The molecular weight excluding hydrogens is 460 g/mol. The maximum atomic E-state index is 13.1. The lowest BCUT2D eigenvalue weighted by Crippen LogP contribution is -2.38. The Morgan fingerprint density at radius 3 is 2.30 bits per heavy atom. The van der Waals surface area contributed by atoms with Crippen LogP contribution >= 0.6 is 22.9 Å². The second kappa shape index (κ2) is 10.1. The standard InChI is InChI=1S/C24H25ClN4O3S/c25-18-3-1-17(2-4-18)24-27-21(16-33-24)23(30)26-20-6-5-19(28-7-11-31-12-8-28)15-22(20)29-9-13-32-14-10-29/h1-6,15-16H,7-14H2,(H,26,30). The molecule has 0 unspecified atom stereocenters. The Balaban J connectivity index is 1.38. The molecule has 0 saturated carbocycles. The van der Waals surface area contributed by atoms with E-state index in [1.807, 2.05) is 30.3 Å². The summed E-state index contributed by atoms with van der Waals surface area (Å²) in [5, 5.41) is 6.33. The van der Waals surface area contributed by atoms with Crippen LogP contribution in [0.4, 0.5) is 17.1 Å². The molecule has 1 amide bonds. The molecule has 3 heterocycles. The summed E-state index contributed by atoms with van der Waals surface area (Å²) in [7, 11) is 0. The Hall–Kier alpha value is -2.65. The molecule has 2 aliphatic rings. The minimum atomic E-state index is -0.222. The number of thiazole rings is 1. The molecule has 2 fully saturated rings. The van der Waals surface area contributed by atoms with Gasteiger partial charge in [-0.2, -0.15) is 0 Å². The van der Waals surface area contributed by atoms with Gasteiger partial charge in [0.15, 0.2) is 0 Å². The van der Waals surface area contributed by atoms with Crippen molar-refractivity contribution in [3.8, 4) is 10.6 Å². The summed E-state index contributed by atoms with van der Waals surface area (Å²) in [6, 6.07) is 13.7. The largest absolute Gasteiger partial charge is 0.378 e. The van der Waals surface area contributed by atoms with Crippen LogP contribution < -0.4 is 15.1 Å². The Bertz CT molecular complexity index is 1110. The first kappa shape index (κ1) is 22.2. The molecule has 9 heteroatoms. The van der Waals surface area contributed by atoms with Crippen molar-refractivity contribution in [3.63, 3.8) is 0 Å². The van der Waals surface area contributed by atoms with E-state index < -0.39 is 0 Å². The van der Waals surface area contributed by atoms with Crippen LogP contribution in [-0.2, 0) is 9.47 Å². The molecule has 33 heavy (non-hydrogen) atoms. The van der Waals surface area contributed by atoms with Gasteiger partial charge in [0.1, 0.15) is 10.7 Å². The lowest BCUT2D eigenvalue weighted by Gasteiger charge is -2.33. The maximum absolute atomic E-state index is 13.1. The molecule has 2 aliphatic heterocycles. The van der Waals surface area contributed by atoms with Gasteiger partial charge in [-0.15, -0.1) is 11.3 Å². The van der Waals surface area contributed by atoms with Gasteiger partial charge >= 0.3 is 0 Å². The van der Waals surface area contributed by atoms with Gasteiger partial charge in [0, 0.05) is 47.8 Å². The monoisotopic (exact) mass is 484 g/mol. The summed E-state index contributed by atoms with van der Waals surface area (Å²) in [6.07, 6.45) is 0. The van der Waals surface area contributed by atoms with Crippen molar-refractivity contribution in [2.75, 3.05) is 67.7 Å². The third-order valence-electron chi connectivity index (χ3n) is 5.79. The second-order valence-corrected chi connectivity index (χ2v) is 9.19. The number of halogens is 1. The van der Waals surface area contributed by atoms with Crippen molar-refractivity contribution < 1.29 is 14.3 Å². The molecule has 0 spiro atoms. The van der Waals surface area contributed by atoms with Crippen LogP contribution in [0.15, 0.2) is 47.8 Å². The number of amides is 1. The molecule has 2 aromatic carbocycles. The van der Waals surface area contributed by atoms with E-state index in [0.29, 0.717) is 23.9 Å². The zero-order valence-electron chi connectivity index (χ0n) is 18.1. The highest BCUT2D eigenvalue weighted by molar-refractivity contribution is 7.13. The first-order valence-electron chi connectivity index (χ1n) is 11.0. The number of nitrogens with zero attached hydrogens (tertiary/aromatic N) is 3. The Labute approximate surface area is 201 Å². The molecule has 0 atom stereocenters. The fourth-order valence-electron chi connectivity index (χ4n) is 4.00. The van der Waals surface area contributed by atoms with Gasteiger partial charge in [0.05, 0.1) is 37.8 Å². The van der Waals surface area contributed by atoms with Crippen molar-refractivity contribution in [3.05, 3.63) is 58.6 Å². The lowest BCUT2D eigenvalue weighted by atomic mass is 10.1. The average molecular weight is 485 g/mol. The van der Waals surface area contributed by atoms with Gasteiger partial charge < -0.3 is 24.6 Å². The average Bonchev–Trinajstić information content (AvgIpc) is 3.36. The van der Waals surface area contributed by atoms with Gasteiger partial charge in [0.2, 0.25) is 0 Å². The molecule has 2 saturated heterocycles. The number of morpholine rings is 2. The van der Waals surface area contributed by atoms with Crippen LogP contribution in [0, 0.1) is 0 Å². The van der Waals surface area contributed by atoms with Gasteiger partial charge in [-0.3, -0.25) is 4.79 Å². The molecule has 1 N–H and O–H groups in total. The number of benzene rings is 2. The van der Waals surface area contributed by atoms with Gasteiger partial charge in [-0.1, -0.05) is 23.7 Å². The van der Waals surface area contributed by atoms with Crippen LogP contribution in [0.25, 0.3) is 10.6 Å². The number of carbonyl (C=O) groups excluding carboxylic acids is 1. The minimum absolute atomic E-state index is 0.222. The molecule has 0 radical (unpaired) electrons. The van der Waals surface area contributed by atoms with E-state index in [1.54, 1.807) is 5.38 Å². The van der Waals surface area contributed by atoms with Crippen molar-refractivity contribution >= 4 is 45.9 Å². The molecule has 7 nitrogen and oxygen atoms in total. The number of aromatic nitrogens is 1. The van der Waals surface area contributed by atoms with E-state index in [2.05, 4.69) is 32.2 Å². The van der Waals surface area contributed by atoms with Gasteiger partial charge in [-0.05, 0) is 30.3 Å². The normalized spacial score (nSPS) is 16.6. The lowest BCUT2D eigenvalue weighted by molar-refractivity contribution is 0.102. The number of rotatable bonds is 5. The van der Waals surface area contributed by atoms with E-state index >= 15 is 0 Å². The molecule has 3 aromatic rings. The first-order valence-corrected chi connectivity index (χ1v) is 12.3. The van der Waals surface area contributed by atoms with Crippen molar-refractivity contribution in [2.45, 2.75) is 0 Å². The Kier molecular flexibility index (Phi) is 6.78. The Morgan fingerprint density at radius 2 is 1.61 bits per heavy atom. The zero-order valence-corrected chi connectivity index (χ0v) is 19.7. The minimum Gasteiger partial charge on any atom is -0.378 e. The van der Waals surface area contributed by atoms with Crippen LogP contribution in [0.5, 0.6) is 0 Å². The molecule has 5 rings (SSSR count). The number of hydrogen-bond donors (Lipinski definition) is 1. The van der Waals surface area contributed by atoms with E-state index in [0.717, 1.165) is 67.0 Å². The van der Waals surface area contributed by atoms with Gasteiger partial charge in [0.25, 0.3) is 5.91 Å². The summed E-state index contributed by atoms with van der Waals surface area (Å²) >= 11 is 7.42. The molecular formula is C24H25ClN4O3S. The van der Waals surface area contributed by atoms with E-state index in [9.17, 15) is 4.79 Å². The summed E-state index contributed by atoms with van der Waals surface area (Å²) in [5.41, 5.74) is 4.25. The number of nitrogens with one attached hydrogen (secondary N) is 1. The van der Waals surface area contributed by atoms with Crippen LogP contribution in [0.1, 0.15) is 10.5 Å². The summed E-state index contributed by atoms with van der Waals surface area (Å²) in [4.78, 5) is 22.2. The highest BCUT2D eigenvalue weighted by atomic mass is 35.5. The van der Waals surface area contributed by atoms with Gasteiger partial charge in [-0.25, -0.2) is 4.98 Å². The van der Waals surface area contributed by atoms with Crippen LogP contribution in [-0.4, -0.2) is 63.5 Å². The predicted octanol–water partition coefficient (Wildman–Crippen LogP) is 4.39. The molecule has 172 valence electrons. The van der Waals surface area contributed by atoms with Crippen molar-refractivity contribution in [1.82, 2.24) is 4.98 Å². The Morgan fingerprint density at radius 1 is 0.939 bits per heavy atom. The zero-order chi connectivity index (χ0) is 22.6. The smallest absolute Gasteiger partial charge is 0.275 e. The third-order valence-corrected chi connectivity index (χ3v) is 6.93. The number of anilines is 3. The van der Waals surface area contributed by atoms with E-state index in [1.165, 1.54) is 11.3 Å². The van der Waals surface area contributed by atoms with Crippen LogP contribution in [0.2, 0.25) is 5.02 Å². The first-order chi connectivity index (χ1) is 16.2. The van der Waals surface area contributed by atoms with E-state index in [-0.39, 0.29) is 5.91 Å². The van der Waals surface area contributed by atoms with Crippen molar-refractivity contribution in [1.29, 1.82) is 0 Å². The van der Waals surface area contributed by atoms with Crippen molar-refractivity contribution in [2.24, 2.45) is 0 Å². The fourth-order valence-corrected chi connectivity index (χ4v) is 4.93. The molecule has 0 bridgehead atoms. The summed E-state index contributed by atoms with van der Waals surface area (Å²) in [5.74, 6) is -0.222. The highest BCUT2D eigenvalue weighted by Gasteiger charge is 2.21. The van der Waals surface area contributed by atoms with E-state index in [4.69, 9.17) is 21.1 Å². The third kappa shape index (κ3) is 5.14. The number of carbonyl (C=O) groups is 1. The number of hydrogen-bond acceptors (Lipinski definition) is 7. The second-order valence-electron chi connectivity index (χ2n) is 7.90. The quantitative estimate of drug-likeness (QED) is 0.579. The topological polar surface area (TPSA) is 66.9 Å². The fraction of sp³-hybridized carbons (Fsp3) is 0.333. The number of ether oxygens (including phenoxy) is 2. The summed E-state index contributed by atoms with van der Waals surface area (Å²) in [6.45, 7) is 6.09. The SMILES string of the molecule is O=C(Nc1ccc(N2CCOCC2)cc1N1CCOCC1)c1csc(-c2ccc(Cl)cc2)n1.